The number of benzene rings is 2. The van der Waals surface area contributed by atoms with Gasteiger partial charge in [0.2, 0.25) is 6.10 Å². The smallest absolute Gasteiger partial charge is 0.330 e. The highest BCUT2D eigenvalue weighted by Crippen LogP contribution is 2.27. The van der Waals surface area contributed by atoms with Crippen LogP contribution in [0.3, 0.4) is 0 Å². The van der Waals surface area contributed by atoms with Crippen molar-refractivity contribution in [2.45, 2.75) is 31.9 Å². The predicted octanol–water partition coefficient (Wildman–Crippen LogP) is 2.58. The van der Waals surface area contributed by atoms with E-state index in [1.807, 2.05) is 6.07 Å². The van der Waals surface area contributed by atoms with Gasteiger partial charge in [-0.1, -0.05) is 42.5 Å². The van der Waals surface area contributed by atoms with E-state index in [4.69, 9.17) is 4.74 Å². The van der Waals surface area contributed by atoms with Crippen LogP contribution >= 0.6 is 0 Å². The minimum absolute atomic E-state index is 0.259. The summed E-state index contributed by atoms with van der Waals surface area (Å²) in [4.78, 5) is 53.9. The number of hydrogen-bond acceptors (Lipinski definition) is 5. The van der Waals surface area contributed by atoms with Crippen LogP contribution in [0.2, 0.25) is 0 Å². The molecule has 1 saturated heterocycles. The average molecular weight is 406 g/mol. The number of amides is 3. The number of imide groups is 1. The van der Waals surface area contributed by atoms with Crippen LogP contribution in [0.4, 0.5) is 0 Å². The third-order valence-electron chi connectivity index (χ3n) is 5.53. The number of rotatable bonds is 5. The molecule has 0 unspecified atom stereocenters. The highest BCUT2D eigenvalue weighted by Gasteiger charge is 2.42. The van der Waals surface area contributed by atoms with Gasteiger partial charge in [-0.15, -0.1) is 0 Å². The van der Waals surface area contributed by atoms with Crippen molar-refractivity contribution in [1.29, 1.82) is 0 Å². The number of fused-ring (bicyclic) bond motifs is 1. The summed E-state index contributed by atoms with van der Waals surface area (Å²) in [6.45, 7) is 2.67. The molecule has 2 aromatic carbocycles. The molecule has 2 aliphatic rings. The van der Waals surface area contributed by atoms with Crippen LogP contribution in [0, 0.1) is 0 Å². The van der Waals surface area contributed by atoms with Crippen LogP contribution in [0.1, 0.15) is 52.1 Å². The number of carbonyl (C=O) groups is 4. The Morgan fingerprint density at radius 3 is 1.97 bits per heavy atom. The summed E-state index contributed by atoms with van der Waals surface area (Å²) < 4.78 is 5.60. The van der Waals surface area contributed by atoms with Gasteiger partial charge in [0.25, 0.3) is 17.7 Å². The molecule has 0 spiro atoms. The number of nitrogens with zero attached hydrogens (tertiary/aromatic N) is 2. The maximum atomic E-state index is 13.0. The summed E-state index contributed by atoms with van der Waals surface area (Å²) in [5, 5.41) is 0. The van der Waals surface area contributed by atoms with Crippen LogP contribution in [-0.4, -0.2) is 52.6 Å². The summed E-state index contributed by atoms with van der Waals surface area (Å²) >= 11 is 0. The van der Waals surface area contributed by atoms with Gasteiger partial charge in [0.05, 0.1) is 11.1 Å². The fourth-order valence-electron chi connectivity index (χ4n) is 3.87. The molecule has 0 radical (unpaired) electrons. The second-order valence-electron chi connectivity index (χ2n) is 7.46. The van der Waals surface area contributed by atoms with Gasteiger partial charge in [-0.25, -0.2) is 4.79 Å². The van der Waals surface area contributed by atoms with Crippen LogP contribution < -0.4 is 0 Å². The Labute approximate surface area is 174 Å². The van der Waals surface area contributed by atoms with Crippen molar-refractivity contribution in [1.82, 2.24) is 9.80 Å². The van der Waals surface area contributed by atoms with Crippen molar-refractivity contribution < 1.29 is 23.9 Å². The van der Waals surface area contributed by atoms with E-state index in [1.54, 1.807) is 53.4 Å². The molecule has 0 aliphatic carbocycles. The largest absolute Gasteiger partial charge is 0.446 e. The lowest BCUT2D eigenvalue weighted by atomic mass is 10.1. The van der Waals surface area contributed by atoms with E-state index in [9.17, 15) is 19.2 Å². The van der Waals surface area contributed by atoms with Gasteiger partial charge in [0.15, 0.2) is 0 Å². The molecule has 4 rings (SSSR count). The van der Waals surface area contributed by atoms with Crippen LogP contribution in [0.25, 0.3) is 0 Å². The Bertz CT molecular complexity index is 963. The molecule has 0 saturated carbocycles. The quantitative estimate of drug-likeness (QED) is 0.563. The molecule has 7 heteroatoms. The molecule has 0 aromatic heterocycles. The molecular weight excluding hydrogens is 384 g/mol. The highest BCUT2D eigenvalue weighted by molar-refractivity contribution is 6.22. The Morgan fingerprint density at radius 2 is 1.40 bits per heavy atom. The van der Waals surface area contributed by atoms with E-state index in [0.29, 0.717) is 18.7 Å². The molecule has 2 aliphatic heterocycles. The molecule has 30 heavy (non-hydrogen) atoms. The molecule has 2 atom stereocenters. The first-order valence-corrected chi connectivity index (χ1v) is 10.00. The second kappa shape index (κ2) is 8.10. The minimum atomic E-state index is -1.16. The Balaban J connectivity index is 1.56. The summed E-state index contributed by atoms with van der Waals surface area (Å²) in [7, 11) is 0. The molecule has 7 nitrogen and oxygen atoms in total. The van der Waals surface area contributed by atoms with E-state index in [1.165, 1.54) is 6.92 Å². The first-order chi connectivity index (χ1) is 14.5. The monoisotopic (exact) mass is 406 g/mol. The van der Waals surface area contributed by atoms with Gasteiger partial charge >= 0.3 is 5.97 Å². The van der Waals surface area contributed by atoms with E-state index in [2.05, 4.69) is 0 Å². The lowest BCUT2D eigenvalue weighted by Gasteiger charge is -2.26. The van der Waals surface area contributed by atoms with E-state index >= 15 is 0 Å². The average Bonchev–Trinajstić information content (AvgIpc) is 3.39. The zero-order valence-corrected chi connectivity index (χ0v) is 16.6. The Morgan fingerprint density at radius 1 is 0.867 bits per heavy atom. The zero-order chi connectivity index (χ0) is 21.3. The number of carbonyl (C=O) groups excluding carboxylic acids is 4. The number of ether oxygens (including phenoxy) is 1. The van der Waals surface area contributed by atoms with Gasteiger partial charge in [0, 0.05) is 18.7 Å². The Hall–Kier alpha value is -3.48. The number of likely N-dealkylation sites (tertiary alicyclic amines) is 1. The first-order valence-electron chi connectivity index (χ1n) is 10.00. The molecule has 3 amide bonds. The topological polar surface area (TPSA) is 84.0 Å². The molecule has 2 aromatic rings. The second-order valence-corrected chi connectivity index (χ2v) is 7.46. The van der Waals surface area contributed by atoms with E-state index in [-0.39, 0.29) is 17.0 Å². The third-order valence-corrected chi connectivity index (χ3v) is 5.53. The number of hydrogen-bond donors (Lipinski definition) is 0. The summed E-state index contributed by atoms with van der Waals surface area (Å²) in [6, 6.07) is 14.1. The lowest BCUT2D eigenvalue weighted by molar-refractivity contribution is -0.163. The van der Waals surface area contributed by atoms with Crippen molar-refractivity contribution in [2.75, 3.05) is 13.1 Å². The van der Waals surface area contributed by atoms with E-state index < -0.39 is 29.9 Å². The fraction of sp³-hybridized carbons (Fsp3) is 0.304. The van der Waals surface area contributed by atoms with Crippen molar-refractivity contribution in [2.24, 2.45) is 0 Å². The predicted molar refractivity (Wildman–Crippen MR) is 107 cm³/mol. The maximum absolute atomic E-state index is 13.0. The van der Waals surface area contributed by atoms with Crippen molar-refractivity contribution in [3.05, 3.63) is 71.3 Å². The molecule has 0 bridgehead atoms. The van der Waals surface area contributed by atoms with Gasteiger partial charge < -0.3 is 9.64 Å². The highest BCUT2D eigenvalue weighted by atomic mass is 16.6. The summed E-state index contributed by atoms with van der Waals surface area (Å²) in [6.07, 6.45) is 0.702. The SMILES string of the molecule is C[C@H](C(=O)O[C@H](C(=O)N1CCCC1)c1ccccc1)N1C(=O)c2ccccc2C1=O. The van der Waals surface area contributed by atoms with Crippen molar-refractivity contribution >= 4 is 23.7 Å². The minimum Gasteiger partial charge on any atom is -0.446 e. The van der Waals surface area contributed by atoms with Gasteiger partial charge in [-0.3, -0.25) is 19.3 Å². The molecule has 154 valence electrons. The summed E-state index contributed by atoms with van der Waals surface area (Å²) in [5.74, 6) is -2.17. The number of esters is 1. The molecular formula is C23H22N2O5. The van der Waals surface area contributed by atoms with Crippen molar-refractivity contribution in [3.8, 4) is 0 Å². The third kappa shape index (κ3) is 3.47. The molecule has 1 fully saturated rings. The van der Waals surface area contributed by atoms with E-state index in [0.717, 1.165) is 17.7 Å². The van der Waals surface area contributed by atoms with Crippen molar-refractivity contribution in [3.63, 3.8) is 0 Å². The van der Waals surface area contributed by atoms with Gasteiger partial charge in [-0.05, 0) is 31.9 Å². The zero-order valence-electron chi connectivity index (χ0n) is 16.6. The van der Waals surface area contributed by atoms with Gasteiger partial charge in [-0.2, -0.15) is 0 Å². The van der Waals surface area contributed by atoms with Crippen LogP contribution in [0.5, 0.6) is 0 Å². The lowest BCUT2D eigenvalue weighted by Crippen LogP contribution is -2.45. The normalized spacial score (nSPS) is 17.6. The summed E-state index contributed by atoms with van der Waals surface area (Å²) in [5.41, 5.74) is 1.07. The standard InChI is InChI=1S/C23H22N2O5/c1-15(25-20(26)17-11-5-6-12-18(17)21(25)27)23(29)30-19(16-9-3-2-4-10-16)22(28)24-13-7-8-14-24/h2-6,9-12,15,19H,7-8,13-14H2,1H3/t15-,19+/m1/s1. The van der Waals surface area contributed by atoms with Gasteiger partial charge in [0.1, 0.15) is 6.04 Å². The van der Waals surface area contributed by atoms with Crippen LogP contribution in [0.15, 0.2) is 54.6 Å². The first kappa shape index (κ1) is 19.8. The van der Waals surface area contributed by atoms with Crippen LogP contribution in [-0.2, 0) is 14.3 Å². The molecule has 0 N–H and O–H groups in total. The fourth-order valence-corrected chi connectivity index (χ4v) is 3.87. The molecule has 2 heterocycles. The maximum Gasteiger partial charge on any atom is 0.330 e. The Kier molecular flexibility index (Phi) is 5.35.